The minimum Gasteiger partial charge on any atom is -0.481 e. The summed E-state index contributed by atoms with van der Waals surface area (Å²) in [4.78, 5) is 27.2. The Balaban J connectivity index is 1.78. The number of carboxylic acids is 1. The summed E-state index contributed by atoms with van der Waals surface area (Å²) in [5.41, 5.74) is 2.18. The van der Waals surface area contributed by atoms with Crippen LogP contribution in [0.3, 0.4) is 0 Å². The van der Waals surface area contributed by atoms with Crippen molar-refractivity contribution in [1.82, 2.24) is 4.90 Å². The van der Waals surface area contributed by atoms with Crippen LogP contribution in [-0.2, 0) is 11.2 Å². The highest BCUT2D eigenvalue weighted by atomic mass is 16.4. The van der Waals surface area contributed by atoms with Crippen molar-refractivity contribution in [3.05, 3.63) is 29.8 Å². The van der Waals surface area contributed by atoms with Crippen molar-refractivity contribution >= 4 is 17.7 Å². The Morgan fingerprint density at radius 2 is 2.05 bits per heavy atom. The summed E-state index contributed by atoms with van der Waals surface area (Å²) in [6.45, 7) is 1.02. The monoisotopic (exact) mass is 288 g/mol. The normalized spacial score (nSPS) is 17.2. The molecule has 1 aliphatic heterocycles. The van der Waals surface area contributed by atoms with Gasteiger partial charge in [-0.25, -0.2) is 4.79 Å². The Bertz CT molecular complexity index is 554. The van der Waals surface area contributed by atoms with Crippen molar-refractivity contribution in [3.8, 4) is 0 Å². The number of fused-ring (bicyclic) bond motifs is 1. The van der Waals surface area contributed by atoms with E-state index < -0.39 is 5.97 Å². The fraction of sp³-hybridized carbons (Fsp3) is 0.500. The first-order chi connectivity index (χ1) is 10.2. The predicted molar refractivity (Wildman–Crippen MR) is 79.5 cm³/mol. The lowest BCUT2D eigenvalue weighted by Gasteiger charge is -2.34. The third-order valence-corrected chi connectivity index (χ3v) is 4.14. The first-order valence-corrected chi connectivity index (χ1v) is 7.54. The molecule has 21 heavy (non-hydrogen) atoms. The molecule has 0 spiro atoms. The van der Waals surface area contributed by atoms with Crippen LogP contribution in [0.25, 0.3) is 0 Å². The number of carbonyl (C=O) groups excluding carboxylic acids is 1. The first kappa shape index (κ1) is 13.9. The number of carboxylic acid groups (broad SMARTS) is 1. The lowest BCUT2D eigenvalue weighted by molar-refractivity contribution is -0.137. The molecular formula is C16H20N2O3. The smallest absolute Gasteiger partial charge is 0.324 e. The number of carbonyl (C=O) groups is 2. The quantitative estimate of drug-likeness (QED) is 0.926. The van der Waals surface area contributed by atoms with Crippen LogP contribution < -0.4 is 4.90 Å². The summed E-state index contributed by atoms with van der Waals surface area (Å²) in [6, 6.07) is 8.18. The van der Waals surface area contributed by atoms with Crippen LogP contribution in [0.4, 0.5) is 10.5 Å². The molecule has 1 aromatic carbocycles. The number of amides is 2. The fourth-order valence-electron chi connectivity index (χ4n) is 2.92. The van der Waals surface area contributed by atoms with E-state index in [0.29, 0.717) is 13.1 Å². The number of nitrogens with zero attached hydrogens (tertiary/aromatic N) is 2. The number of benzene rings is 1. The van der Waals surface area contributed by atoms with Gasteiger partial charge in [0.2, 0.25) is 0 Å². The fourth-order valence-corrected chi connectivity index (χ4v) is 2.92. The van der Waals surface area contributed by atoms with Gasteiger partial charge in [-0.05, 0) is 37.3 Å². The number of aryl methyl sites for hydroxylation is 1. The molecule has 1 fully saturated rings. The molecule has 1 aliphatic carbocycles. The van der Waals surface area contributed by atoms with E-state index in [9.17, 15) is 9.59 Å². The number of rotatable bonds is 4. The van der Waals surface area contributed by atoms with Gasteiger partial charge in [0.1, 0.15) is 0 Å². The van der Waals surface area contributed by atoms with Crippen LogP contribution >= 0.6 is 0 Å². The molecule has 0 aromatic heterocycles. The van der Waals surface area contributed by atoms with Gasteiger partial charge < -0.3 is 10.0 Å². The predicted octanol–water partition coefficient (Wildman–Crippen LogP) is 2.50. The van der Waals surface area contributed by atoms with E-state index in [1.165, 1.54) is 5.56 Å². The first-order valence-electron chi connectivity index (χ1n) is 7.54. The zero-order valence-corrected chi connectivity index (χ0v) is 12.0. The Labute approximate surface area is 124 Å². The van der Waals surface area contributed by atoms with Gasteiger partial charge in [0.25, 0.3) is 0 Å². The molecule has 0 atom stereocenters. The number of hydrogen-bond donors (Lipinski definition) is 1. The number of urea groups is 1. The molecule has 2 amide bonds. The van der Waals surface area contributed by atoms with Crippen LogP contribution in [-0.4, -0.2) is 41.1 Å². The topological polar surface area (TPSA) is 60.9 Å². The van der Waals surface area contributed by atoms with Crippen molar-refractivity contribution in [2.45, 2.75) is 38.1 Å². The Kier molecular flexibility index (Phi) is 3.82. The van der Waals surface area contributed by atoms with Gasteiger partial charge in [0.15, 0.2) is 0 Å². The molecule has 0 unspecified atom stereocenters. The zero-order chi connectivity index (χ0) is 14.8. The summed E-state index contributed by atoms with van der Waals surface area (Å²) >= 11 is 0. The van der Waals surface area contributed by atoms with E-state index in [1.807, 2.05) is 23.1 Å². The van der Waals surface area contributed by atoms with Crippen LogP contribution in [0.1, 0.15) is 31.2 Å². The Morgan fingerprint density at radius 3 is 2.76 bits per heavy atom. The maximum absolute atomic E-state index is 12.8. The lowest BCUT2D eigenvalue weighted by atomic mass is 10.0. The van der Waals surface area contributed by atoms with Gasteiger partial charge in [-0.1, -0.05) is 18.2 Å². The summed E-state index contributed by atoms with van der Waals surface area (Å²) in [6.07, 6.45) is 3.94. The highest BCUT2D eigenvalue weighted by Gasteiger charge is 2.36. The van der Waals surface area contributed by atoms with E-state index in [1.54, 1.807) is 4.90 Å². The molecule has 5 nitrogen and oxygen atoms in total. The molecular weight excluding hydrogens is 268 g/mol. The summed E-state index contributed by atoms with van der Waals surface area (Å²) in [7, 11) is 0. The van der Waals surface area contributed by atoms with Gasteiger partial charge in [-0.3, -0.25) is 9.69 Å². The van der Waals surface area contributed by atoms with Gasteiger partial charge in [0.05, 0.1) is 6.42 Å². The van der Waals surface area contributed by atoms with Gasteiger partial charge in [-0.15, -0.1) is 0 Å². The van der Waals surface area contributed by atoms with Crippen LogP contribution in [0.5, 0.6) is 0 Å². The number of hydrogen-bond acceptors (Lipinski definition) is 2. The minimum absolute atomic E-state index is 0.0116. The molecule has 0 saturated heterocycles. The Hall–Kier alpha value is -2.04. The molecule has 0 bridgehead atoms. The van der Waals surface area contributed by atoms with E-state index in [2.05, 4.69) is 6.07 Å². The second-order valence-electron chi connectivity index (χ2n) is 5.73. The third-order valence-electron chi connectivity index (χ3n) is 4.14. The van der Waals surface area contributed by atoms with Crippen molar-refractivity contribution in [2.24, 2.45) is 0 Å². The van der Waals surface area contributed by atoms with E-state index >= 15 is 0 Å². The molecule has 0 radical (unpaired) electrons. The van der Waals surface area contributed by atoms with Crippen molar-refractivity contribution in [2.75, 3.05) is 18.0 Å². The maximum Gasteiger partial charge on any atom is 0.324 e. The maximum atomic E-state index is 12.8. The van der Waals surface area contributed by atoms with Crippen LogP contribution in [0.2, 0.25) is 0 Å². The van der Waals surface area contributed by atoms with E-state index in [0.717, 1.165) is 31.4 Å². The van der Waals surface area contributed by atoms with Crippen molar-refractivity contribution < 1.29 is 14.7 Å². The molecule has 2 aliphatic rings. The molecule has 1 N–H and O–H groups in total. The number of anilines is 1. The van der Waals surface area contributed by atoms with Crippen LogP contribution in [0.15, 0.2) is 24.3 Å². The molecule has 1 heterocycles. The van der Waals surface area contributed by atoms with Gasteiger partial charge >= 0.3 is 12.0 Å². The number of aliphatic carboxylic acids is 1. The molecule has 112 valence electrons. The van der Waals surface area contributed by atoms with E-state index in [-0.39, 0.29) is 18.5 Å². The zero-order valence-electron chi connectivity index (χ0n) is 12.0. The van der Waals surface area contributed by atoms with Crippen LogP contribution in [0, 0.1) is 0 Å². The molecule has 5 heteroatoms. The Morgan fingerprint density at radius 1 is 1.29 bits per heavy atom. The van der Waals surface area contributed by atoms with E-state index in [4.69, 9.17) is 5.11 Å². The molecule has 3 rings (SSSR count). The summed E-state index contributed by atoms with van der Waals surface area (Å²) in [5.74, 6) is -0.854. The molecule has 1 saturated carbocycles. The average molecular weight is 288 g/mol. The van der Waals surface area contributed by atoms with Gasteiger partial charge in [0, 0.05) is 24.8 Å². The average Bonchev–Trinajstić information content (AvgIpc) is 3.31. The second-order valence-corrected chi connectivity index (χ2v) is 5.73. The lowest BCUT2D eigenvalue weighted by Crippen LogP contribution is -2.47. The largest absolute Gasteiger partial charge is 0.481 e. The number of para-hydroxylation sites is 1. The second kappa shape index (κ2) is 5.76. The highest BCUT2D eigenvalue weighted by Crippen LogP contribution is 2.32. The van der Waals surface area contributed by atoms with Crippen molar-refractivity contribution in [3.63, 3.8) is 0 Å². The standard InChI is InChI=1S/C16H20N2O3/c19-15(20)9-11-17(13-7-8-13)16(21)18-10-3-5-12-4-1-2-6-14(12)18/h1-2,4,6,13H,3,5,7-11H2,(H,19,20). The summed E-state index contributed by atoms with van der Waals surface area (Å²) in [5, 5.41) is 8.86. The SMILES string of the molecule is O=C(O)CCN(C(=O)N1CCCc2ccccc21)C1CC1. The molecule has 1 aromatic rings. The van der Waals surface area contributed by atoms with Crippen molar-refractivity contribution in [1.29, 1.82) is 0 Å². The van der Waals surface area contributed by atoms with Gasteiger partial charge in [-0.2, -0.15) is 0 Å². The minimum atomic E-state index is -0.854. The third kappa shape index (κ3) is 3.01. The highest BCUT2D eigenvalue weighted by molar-refractivity contribution is 5.93. The summed E-state index contributed by atoms with van der Waals surface area (Å²) < 4.78 is 0.